The highest BCUT2D eigenvalue weighted by atomic mass is 32.1. The van der Waals surface area contributed by atoms with Gasteiger partial charge in [-0.2, -0.15) is 8.75 Å². The van der Waals surface area contributed by atoms with Gasteiger partial charge in [0.05, 0.1) is 11.7 Å². The van der Waals surface area contributed by atoms with Crippen LogP contribution in [0.15, 0.2) is 96.4 Å². The van der Waals surface area contributed by atoms with E-state index in [-0.39, 0.29) is 0 Å². The first-order valence-corrected chi connectivity index (χ1v) is 33.9. The van der Waals surface area contributed by atoms with Crippen molar-refractivity contribution in [3.63, 3.8) is 0 Å². The summed E-state index contributed by atoms with van der Waals surface area (Å²) in [6.07, 6.45) is 29.0. The van der Waals surface area contributed by atoms with Crippen LogP contribution in [-0.4, -0.2) is 16.8 Å². The van der Waals surface area contributed by atoms with Gasteiger partial charge >= 0.3 is 0 Å². The average molecular weight is 1040 g/mol. The summed E-state index contributed by atoms with van der Waals surface area (Å²) in [5.41, 5.74) is 12.0. The van der Waals surface area contributed by atoms with Crippen molar-refractivity contribution in [2.45, 2.75) is 181 Å². The maximum absolute atomic E-state index is 4.98. The van der Waals surface area contributed by atoms with Crippen molar-refractivity contribution in [2.75, 3.05) is 0 Å². The molecule has 0 radical (unpaired) electrons. The normalized spacial score (nSPS) is 12.9. The van der Waals surface area contributed by atoms with Crippen molar-refractivity contribution in [2.24, 2.45) is 0 Å². The molecule has 0 amide bonds. The third-order valence-electron chi connectivity index (χ3n) is 15.2. The summed E-state index contributed by atoms with van der Waals surface area (Å²) in [6.45, 7) is 9.29. The summed E-state index contributed by atoms with van der Waals surface area (Å²) in [7, 11) is -1.98. The van der Waals surface area contributed by atoms with Gasteiger partial charge in [0, 0.05) is 45.3 Å². The van der Waals surface area contributed by atoms with Crippen LogP contribution in [0.5, 0.6) is 0 Å². The van der Waals surface area contributed by atoms with Crippen LogP contribution in [0.1, 0.15) is 167 Å². The van der Waals surface area contributed by atoms with Crippen LogP contribution in [0, 0.1) is 0 Å². The van der Waals surface area contributed by atoms with Crippen LogP contribution in [0.3, 0.4) is 0 Å². The molecule has 0 unspecified atom stereocenters. The topological polar surface area (TPSA) is 25.8 Å². The lowest BCUT2D eigenvalue weighted by Gasteiger charge is -2.30. The molecule has 6 heterocycles. The molecule has 0 saturated carbocycles. The molecule has 5 aromatic heterocycles. The van der Waals surface area contributed by atoms with Gasteiger partial charge in [0.15, 0.2) is 0 Å². The summed E-state index contributed by atoms with van der Waals surface area (Å²) in [6, 6.07) is 39.1. The zero-order valence-corrected chi connectivity index (χ0v) is 47.7. The Labute approximate surface area is 442 Å². The van der Waals surface area contributed by atoms with Gasteiger partial charge in [-0.25, -0.2) is 0 Å². The number of fused-ring (bicyclic) bond motifs is 4. The van der Waals surface area contributed by atoms with Crippen molar-refractivity contribution < 1.29 is 0 Å². The van der Waals surface area contributed by atoms with Gasteiger partial charge in [-0.05, 0) is 118 Å². The van der Waals surface area contributed by atoms with Crippen LogP contribution in [0.4, 0.5) is 0 Å². The molecule has 9 rings (SSSR count). The van der Waals surface area contributed by atoms with E-state index < -0.39 is 8.07 Å². The fraction of sp³-hybridized carbons (Fsp3) is 0.452. The van der Waals surface area contributed by atoms with Gasteiger partial charge in [-0.3, -0.25) is 0 Å². The van der Waals surface area contributed by atoms with Crippen LogP contribution in [0.25, 0.3) is 73.0 Å². The van der Waals surface area contributed by atoms with Crippen molar-refractivity contribution in [3.8, 4) is 62.0 Å². The van der Waals surface area contributed by atoms with E-state index in [1.807, 2.05) is 45.3 Å². The highest BCUT2D eigenvalue weighted by Gasteiger charge is 2.44. The van der Waals surface area contributed by atoms with E-state index in [2.05, 4.69) is 124 Å². The minimum absolute atomic E-state index is 1.03. The molecule has 368 valence electrons. The second-order valence-electron chi connectivity index (χ2n) is 20.2. The molecule has 0 bridgehead atoms. The van der Waals surface area contributed by atoms with E-state index in [4.69, 9.17) is 8.75 Å². The van der Waals surface area contributed by atoms with Crippen LogP contribution in [-0.2, 0) is 12.8 Å². The molecule has 8 heteroatoms. The number of hydrogen-bond donors (Lipinski definition) is 0. The number of hydrogen-bond acceptors (Lipinski definition) is 7. The number of benzene rings is 3. The Morgan fingerprint density at radius 3 is 1.54 bits per heavy atom. The predicted octanol–water partition coefficient (Wildman–Crippen LogP) is 20.8. The minimum Gasteiger partial charge on any atom is -0.172 e. The summed E-state index contributed by atoms with van der Waals surface area (Å²) >= 11 is 9.12. The first-order chi connectivity index (χ1) is 34.6. The maximum atomic E-state index is 4.98. The molecule has 2 nitrogen and oxygen atoms in total. The number of rotatable bonds is 29. The monoisotopic (exact) mass is 1040 g/mol. The number of aromatic nitrogens is 2. The quantitative estimate of drug-likeness (QED) is 0.0345. The Balaban J connectivity index is 1.02. The van der Waals surface area contributed by atoms with Gasteiger partial charge < -0.3 is 0 Å². The predicted molar refractivity (Wildman–Crippen MR) is 319 cm³/mol. The zero-order chi connectivity index (χ0) is 48.1. The number of aryl methyl sites for hydroxylation is 2. The van der Waals surface area contributed by atoms with E-state index in [1.165, 1.54) is 221 Å². The SMILES string of the molecule is CCCCCCCC[Si]1(CCCCCCCC)c2ccccc2-c2ccc(-c3cc(CCCCCC)c(-c4ccc(-c5ccc(-c6ccc(-c7sccc7CCCCCC)s6)c6nsnc56)s4)s3)cc21. The molecule has 8 aromatic rings. The number of thiophene rings is 4. The van der Waals surface area contributed by atoms with E-state index in [9.17, 15) is 0 Å². The average Bonchev–Trinajstić information content (AvgIpc) is 4.26. The molecule has 0 spiro atoms. The first-order valence-electron chi connectivity index (χ1n) is 27.5. The molecule has 0 atom stereocenters. The summed E-state index contributed by atoms with van der Waals surface area (Å²) in [4.78, 5) is 9.64. The third-order valence-corrected chi connectivity index (χ3v) is 25.9. The van der Waals surface area contributed by atoms with Crippen LogP contribution in [0.2, 0.25) is 12.1 Å². The van der Waals surface area contributed by atoms with Gasteiger partial charge in [0.1, 0.15) is 19.1 Å². The summed E-state index contributed by atoms with van der Waals surface area (Å²) in [5.74, 6) is 0. The largest absolute Gasteiger partial charge is 0.172 e. The van der Waals surface area contributed by atoms with E-state index in [0.29, 0.717) is 0 Å². The fourth-order valence-electron chi connectivity index (χ4n) is 11.4. The lowest BCUT2D eigenvalue weighted by Crippen LogP contribution is -2.55. The fourth-order valence-corrected chi connectivity index (χ4v) is 22.1. The van der Waals surface area contributed by atoms with Gasteiger partial charge in [-0.15, -0.1) is 45.3 Å². The maximum Gasteiger partial charge on any atom is 0.119 e. The smallest absolute Gasteiger partial charge is 0.119 e. The van der Waals surface area contributed by atoms with Gasteiger partial charge in [0.25, 0.3) is 0 Å². The lowest BCUT2D eigenvalue weighted by molar-refractivity contribution is 0.616. The second-order valence-corrected chi connectivity index (χ2v) is 29.1. The van der Waals surface area contributed by atoms with E-state index in [0.717, 1.165) is 17.5 Å². The molecule has 0 fully saturated rings. The van der Waals surface area contributed by atoms with Crippen LogP contribution < -0.4 is 10.4 Å². The van der Waals surface area contributed by atoms with Crippen LogP contribution >= 0.6 is 57.1 Å². The molecule has 1 aliphatic heterocycles. The first kappa shape index (κ1) is 51.4. The Morgan fingerprint density at radius 1 is 0.400 bits per heavy atom. The molecule has 0 saturated heterocycles. The Hall–Kier alpha value is -3.50. The molecular formula is C62H76N2S5Si. The van der Waals surface area contributed by atoms with Crippen molar-refractivity contribution in [1.82, 2.24) is 8.75 Å². The molecular weight excluding hydrogens is 961 g/mol. The molecule has 0 aliphatic carbocycles. The molecule has 0 N–H and O–H groups in total. The highest BCUT2D eigenvalue weighted by molar-refractivity contribution is 7.25. The summed E-state index contributed by atoms with van der Waals surface area (Å²) < 4.78 is 9.93. The standard InChI is InChI=1S/C62H76N2S5Si/c1-5-9-13-17-19-25-41-70(42-26-20-18-14-10-6-2)57-30-24-23-29-48(57)49-32-31-46(44-58(49)70)56-43-47(28-22-16-12-8-4)62(68-56)55-38-36-53(67-55)51-34-33-50(59-60(51)64-69-63-59)52-35-37-54(66-52)61-45(39-40-65-61)27-21-15-11-7-3/h23-24,29-40,43-44H,5-22,25-28,41-42H2,1-4H3. The minimum atomic E-state index is -1.98. The lowest BCUT2D eigenvalue weighted by atomic mass is 10.0. The second kappa shape index (κ2) is 25.4. The van der Waals surface area contributed by atoms with Gasteiger partial charge in [0.2, 0.25) is 0 Å². The van der Waals surface area contributed by atoms with Crippen molar-refractivity contribution in [1.29, 1.82) is 0 Å². The van der Waals surface area contributed by atoms with E-state index in [1.54, 1.807) is 21.5 Å². The molecule has 70 heavy (non-hydrogen) atoms. The summed E-state index contributed by atoms with van der Waals surface area (Å²) in [5, 5.41) is 5.75. The van der Waals surface area contributed by atoms with Gasteiger partial charge in [-0.1, -0.05) is 198 Å². The zero-order valence-electron chi connectivity index (χ0n) is 42.6. The Bertz CT molecular complexity index is 2870. The van der Waals surface area contributed by atoms with Crippen molar-refractivity contribution >= 4 is 86.6 Å². The molecule has 3 aromatic carbocycles. The Morgan fingerprint density at radius 2 is 0.914 bits per heavy atom. The van der Waals surface area contributed by atoms with E-state index >= 15 is 0 Å². The number of unbranched alkanes of at least 4 members (excludes halogenated alkanes) is 16. The molecule has 1 aliphatic rings. The third kappa shape index (κ3) is 11.6. The number of nitrogens with zero attached hydrogens (tertiary/aromatic N) is 2. The van der Waals surface area contributed by atoms with Crippen molar-refractivity contribution in [3.05, 3.63) is 108 Å². The Kier molecular flexibility index (Phi) is 18.7. The highest BCUT2D eigenvalue weighted by Crippen LogP contribution is 2.47.